The van der Waals surface area contributed by atoms with E-state index in [1.54, 1.807) is 36.4 Å². The average molecular weight is 345 g/mol. The Balaban J connectivity index is 2.55. The van der Waals surface area contributed by atoms with Gasteiger partial charge in [0.25, 0.3) is 0 Å². The van der Waals surface area contributed by atoms with Crippen molar-refractivity contribution in [3.63, 3.8) is 0 Å². The topological polar surface area (TPSA) is 43.1 Å². The second kappa shape index (κ2) is 5.31. The molecule has 0 saturated heterocycles. The van der Waals surface area contributed by atoms with E-state index in [0.717, 1.165) is 4.47 Å². The smallest absolute Gasteiger partial charge is 0.196 e. The predicted octanol–water partition coefficient (Wildman–Crippen LogP) is 4.57. The summed E-state index contributed by atoms with van der Waals surface area (Å²) in [5, 5.41) is 0.583. The van der Waals surface area contributed by atoms with E-state index in [9.17, 15) is 4.79 Å². The van der Waals surface area contributed by atoms with Crippen LogP contribution in [0.4, 0.5) is 5.69 Å². The molecule has 0 aromatic heterocycles. The molecule has 0 aliphatic heterocycles. The quantitative estimate of drug-likeness (QED) is 0.640. The van der Waals surface area contributed by atoms with E-state index in [1.165, 1.54) is 0 Å². The van der Waals surface area contributed by atoms with E-state index in [-0.39, 0.29) is 10.8 Å². The third-order valence-corrected chi connectivity index (χ3v) is 3.77. The monoisotopic (exact) mass is 343 g/mol. The van der Waals surface area contributed by atoms with Crippen molar-refractivity contribution in [2.45, 2.75) is 0 Å². The van der Waals surface area contributed by atoms with Crippen molar-refractivity contribution in [1.82, 2.24) is 0 Å². The summed E-state index contributed by atoms with van der Waals surface area (Å²) in [6.45, 7) is 0. The van der Waals surface area contributed by atoms with Gasteiger partial charge >= 0.3 is 0 Å². The van der Waals surface area contributed by atoms with Gasteiger partial charge in [-0.15, -0.1) is 0 Å². The Labute approximate surface area is 123 Å². The number of rotatable bonds is 2. The van der Waals surface area contributed by atoms with Crippen LogP contribution in [-0.2, 0) is 0 Å². The lowest BCUT2D eigenvalue weighted by molar-refractivity contribution is 0.103. The summed E-state index contributed by atoms with van der Waals surface area (Å²) < 4.78 is 0.776. The van der Waals surface area contributed by atoms with Crippen molar-refractivity contribution in [2.75, 3.05) is 5.73 Å². The molecule has 18 heavy (non-hydrogen) atoms. The van der Waals surface area contributed by atoms with Gasteiger partial charge in [0.1, 0.15) is 0 Å². The molecule has 2 nitrogen and oxygen atoms in total. The number of ketones is 1. The fourth-order valence-electron chi connectivity index (χ4n) is 1.55. The largest absolute Gasteiger partial charge is 0.398 e. The molecular weight excluding hydrogens is 337 g/mol. The van der Waals surface area contributed by atoms with Crippen molar-refractivity contribution >= 4 is 50.6 Å². The van der Waals surface area contributed by atoms with Crippen molar-refractivity contribution in [3.8, 4) is 0 Å². The Hall–Kier alpha value is -1.03. The summed E-state index contributed by atoms with van der Waals surface area (Å²) in [7, 11) is 0. The molecule has 0 saturated carbocycles. The molecule has 2 rings (SSSR count). The molecule has 0 aliphatic carbocycles. The summed E-state index contributed by atoms with van der Waals surface area (Å²) >= 11 is 15.2. The van der Waals surface area contributed by atoms with Gasteiger partial charge in [-0.2, -0.15) is 0 Å². The number of carbonyl (C=O) groups is 1. The molecule has 0 fully saturated rings. The van der Waals surface area contributed by atoms with Gasteiger partial charge in [0.2, 0.25) is 0 Å². The number of anilines is 1. The number of nitrogens with two attached hydrogens (primary N) is 1. The standard InChI is InChI=1S/C13H8BrCl2NO/c14-7-4-5-11(17)9(6-7)13(18)8-2-1-3-10(15)12(8)16/h1-6H,17H2. The molecule has 92 valence electrons. The first-order valence-corrected chi connectivity index (χ1v) is 6.59. The van der Waals surface area contributed by atoms with Crippen LogP contribution in [0, 0.1) is 0 Å². The van der Waals surface area contributed by atoms with Crippen LogP contribution in [0.15, 0.2) is 40.9 Å². The highest BCUT2D eigenvalue weighted by molar-refractivity contribution is 9.10. The zero-order chi connectivity index (χ0) is 13.3. The minimum absolute atomic E-state index is 0.239. The molecule has 0 atom stereocenters. The van der Waals surface area contributed by atoms with Crippen LogP contribution in [-0.4, -0.2) is 5.78 Å². The number of halogens is 3. The fraction of sp³-hybridized carbons (Fsp3) is 0. The van der Waals surface area contributed by atoms with Gasteiger partial charge in [-0.1, -0.05) is 45.2 Å². The highest BCUT2D eigenvalue weighted by atomic mass is 79.9. The Kier molecular flexibility index (Phi) is 3.95. The summed E-state index contributed by atoms with van der Waals surface area (Å²) in [6, 6.07) is 10.0. The second-order valence-corrected chi connectivity index (χ2v) is 5.36. The van der Waals surface area contributed by atoms with E-state index in [0.29, 0.717) is 21.8 Å². The van der Waals surface area contributed by atoms with Crippen molar-refractivity contribution in [3.05, 3.63) is 62.0 Å². The Morgan fingerprint density at radius 1 is 1.11 bits per heavy atom. The predicted molar refractivity (Wildman–Crippen MR) is 78.4 cm³/mol. The first-order valence-electron chi connectivity index (χ1n) is 5.04. The Morgan fingerprint density at radius 2 is 1.83 bits per heavy atom. The van der Waals surface area contributed by atoms with Gasteiger partial charge in [0, 0.05) is 21.3 Å². The van der Waals surface area contributed by atoms with Crippen LogP contribution in [0.1, 0.15) is 15.9 Å². The first kappa shape index (κ1) is 13.4. The molecule has 0 aliphatic rings. The maximum Gasteiger partial charge on any atom is 0.196 e. The van der Waals surface area contributed by atoms with Crippen molar-refractivity contribution in [1.29, 1.82) is 0 Å². The van der Waals surface area contributed by atoms with Gasteiger partial charge in [0.15, 0.2) is 5.78 Å². The summed E-state index contributed by atoms with van der Waals surface area (Å²) in [5.41, 5.74) is 6.94. The van der Waals surface area contributed by atoms with Crippen LogP contribution in [0.2, 0.25) is 10.0 Å². The van der Waals surface area contributed by atoms with Crippen LogP contribution in [0.3, 0.4) is 0 Å². The summed E-state index contributed by atoms with van der Waals surface area (Å²) in [5.74, 6) is -0.249. The SMILES string of the molecule is Nc1ccc(Br)cc1C(=O)c1cccc(Cl)c1Cl. The molecule has 0 heterocycles. The minimum Gasteiger partial charge on any atom is -0.398 e. The highest BCUT2D eigenvalue weighted by Crippen LogP contribution is 2.29. The average Bonchev–Trinajstić information content (AvgIpc) is 2.35. The van der Waals surface area contributed by atoms with Crippen molar-refractivity contribution < 1.29 is 4.79 Å². The number of hydrogen-bond donors (Lipinski definition) is 1. The molecule has 0 amide bonds. The fourth-order valence-corrected chi connectivity index (χ4v) is 2.30. The maximum absolute atomic E-state index is 12.3. The molecule has 2 N–H and O–H groups in total. The van der Waals surface area contributed by atoms with Crippen LogP contribution >= 0.6 is 39.1 Å². The molecular formula is C13H8BrCl2NO. The van der Waals surface area contributed by atoms with E-state index < -0.39 is 0 Å². The van der Waals surface area contributed by atoms with Gasteiger partial charge in [-0.25, -0.2) is 0 Å². The van der Waals surface area contributed by atoms with E-state index in [2.05, 4.69) is 15.9 Å². The van der Waals surface area contributed by atoms with Gasteiger partial charge in [-0.3, -0.25) is 4.79 Å². The number of benzene rings is 2. The van der Waals surface area contributed by atoms with Crippen molar-refractivity contribution in [2.24, 2.45) is 0 Å². The molecule has 0 spiro atoms. The molecule has 0 radical (unpaired) electrons. The number of carbonyl (C=O) groups excluding carboxylic acids is 1. The zero-order valence-electron chi connectivity index (χ0n) is 9.08. The number of nitrogen functional groups attached to an aromatic ring is 1. The highest BCUT2D eigenvalue weighted by Gasteiger charge is 2.17. The van der Waals surface area contributed by atoms with Crippen LogP contribution < -0.4 is 5.73 Å². The number of hydrogen-bond acceptors (Lipinski definition) is 2. The van der Waals surface area contributed by atoms with Gasteiger partial charge < -0.3 is 5.73 Å². The molecule has 0 bridgehead atoms. The Bertz CT molecular complexity index is 624. The van der Waals surface area contributed by atoms with Crippen LogP contribution in [0.5, 0.6) is 0 Å². The third kappa shape index (κ3) is 2.53. The first-order chi connectivity index (χ1) is 8.50. The molecule has 2 aromatic carbocycles. The zero-order valence-corrected chi connectivity index (χ0v) is 12.2. The molecule has 2 aromatic rings. The van der Waals surface area contributed by atoms with Crippen LogP contribution in [0.25, 0.3) is 0 Å². The molecule has 0 unspecified atom stereocenters. The third-order valence-electron chi connectivity index (χ3n) is 2.46. The normalized spacial score (nSPS) is 10.4. The lowest BCUT2D eigenvalue weighted by Crippen LogP contribution is -2.06. The Morgan fingerprint density at radius 3 is 2.56 bits per heavy atom. The summed E-state index contributed by atoms with van der Waals surface area (Å²) in [4.78, 5) is 12.3. The summed E-state index contributed by atoms with van der Waals surface area (Å²) in [6.07, 6.45) is 0. The van der Waals surface area contributed by atoms with E-state index >= 15 is 0 Å². The van der Waals surface area contributed by atoms with Gasteiger partial charge in [-0.05, 0) is 30.3 Å². The minimum atomic E-state index is -0.249. The second-order valence-electron chi connectivity index (χ2n) is 3.66. The maximum atomic E-state index is 12.3. The lowest BCUT2D eigenvalue weighted by atomic mass is 10.0. The van der Waals surface area contributed by atoms with Gasteiger partial charge in [0.05, 0.1) is 10.0 Å². The van der Waals surface area contributed by atoms with E-state index in [4.69, 9.17) is 28.9 Å². The molecule has 5 heteroatoms. The van der Waals surface area contributed by atoms with E-state index in [1.807, 2.05) is 0 Å². The lowest BCUT2D eigenvalue weighted by Gasteiger charge is -2.08.